The molecule has 0 atom stereocenters. The summed E-state index contributed by atoms with van der Waals surface area (Å²) >= 11 is 1.64. The van der Waals surface area contributed by atoms with Crippen LogP contribution in [0.15, 0.2) is 29.2 Å². The van der Waals surface area contributed by atoms with Gasteiger partial charge in [0.2, 0.25) is 0 Å². The number of hydrogen-bond acceptors (Lipinski definition) is 4. The van der Waals surface area contributed by atoms with Crippen LogP contribution in [0.2, 0.25) is 0 Å². The maximum atomic E-state index is 12.8. The zero-order chi connectivity index (χ0) is 19.6. The highest BCUT2D eigenvalue weighted by molar-refractivity contribution is 7.99. The summed E-state index contributed by atoms with van der Waals surface area (Å²) in [5, 5.41) is 11.9. The van der Waals surface area contributed by atoms with Crippen molar-refractivity contribution in [3.05, 3.63) is 30.1 Å². The van der Waals surface area contributed by atoms with Crippen LogP contribution in [0.1, 0.15) is 26.2 Å². The van der Waals surface area contributed by atoms with E-state index in [-0.39, 0.29) is 24.4 Å². The number of carbonyl (C=O) groups excluding carboxylic acids is 1. The number of amides is 2. The first-order valence-corrected chi connectivity index (χ1v) is 10.3. The SMILES string of the molecule is CCN(CC(=O)O)C1CCN(C(=O)NCCCSc2ccc(F)cc2)CC1. The lowest BCUT2D eigenvalue weighted by atomic mass is 10.0. The Morgan fingerprint density at radius 3 is 2.56 bits per heavy atom. The molecule has 0 aromatic heterocycles. The van der Waals surface area contributed by atoms with Crippen LogP contribution in [-0.2, 0) is 4.79 Å². The fraction of sp³-hybridized carbons (Fsp3) is 0.579. The zero-order valence-electron chi connectivity index (χ0n) is 15.7. The standard InChI is InChI=1S/C19H28FN3O3S/c1-2-22(14-18(24)25)16-8-11-23(12-9-16)19(26)21-10-3-13-27-17-6-4-15(20)5-7-17/h4-7,16H,2-3,8-14H2,1H3,(H,21,26)(H,24,25). The van der Waals surface area contributed by atoms with Gasteiger partial charge in [0.1, 0.15) is 5.82 Å². The molecule has 27 heavy (non-hydrogen) atoms. The highest BCUT2D eigenvalue weighted by atomic mass is 32.2. The Morgan fingerprint density at radius 2 is 1.96 bits per heavy atom. The molecule has 8 heteroatoms. The maximum Gasteiger partial charge on any atom is 0.317 e. The fourth-order valence-electron chi connectivity index (χ4n) is 3.21. The van der Waals surface area contributed by atoms with Gasteiger partial charge in [-0.1, -0.05) is 6.92 Å². The first kappa shape index (κ1) is 21.5. The molecule has 1 saturated heterocycles. The average Bonchev–Trinajstić information content (AvgIpc) is 2.67. The number of nitrogens with zero attached hydrogens (tertiary/aromatic N) is 2. The summed E-state index contributed by atoms with van der Waals surface area (Å²) in [5.41, 5.74) is 0. The van der Waals surface area contributed by atoms with Gasteiger partial charge in [0.15, 0.2) is 0 Å². The zero-order valence-corrected chi connectivity index (χ0v) is 16.5. The summed E-state index contributed by atoms with van der Waals surface area (Å²) < 4.78 is 12.8. The Labute approximate surface area is 164 Å². The molecule has 6 nitrogen and oxygen atoms in total. The smallest absolute Gasteiger partial charge is 0.317 e. The van der Waals surface area contributed by atoms with Crippen molar-refractivity contribution in [2.24, 2.45) is 0 Å². The minimum atomic E-state index is -0.810. The van der Waals surface area contributed by atoms with Gasteiger partial charge in [-0.15, -0.1) is 11.8 Å². The van der Waals surface area contributed by atoms with Crippen molar-refractivity contribution in [2.75, 3.05) is 38.5 Å². The van der Waals surface area contributed by atoms with Crippen molar-refractivity contribution in [3.63, 3.8) is 0 Å². The number of carboxylic acid groups (broad SMARTS) is 1. The quantitative estimate of drug-likeness (QED) is 0.495. The first-order valence-electron chi connectivity index (χ1n) is 9.36. The maximum absolute atomic E-state index is 12.8. The molecule has 1 aromatic rings. The second kappa shape index (κ2) is 11.1. The summed E-state index contributed by atoms with van der Waals surface area (Å²) in [7, 11) is 0. The number of halogens is 1. The van der Waals surface area contributed by atoms with Crippen molar-refractivity contribution in [2.45, 2.75) is 37.1 Å². The molecule has 0 bridgehead atoms. The second-order valence-electron chi connectivity index (χ2n) is 6.56. The van der Waals surface area contributed by atoms with Gasteiger partial charge in [0.25, 0.3) is 0 Å². The van der Waals surface area contributed by atoms with E-state index in [0.717, 1.165) is 29.9 Å². The molecule has 1 aliphatic rings. The molecule has 0 saturated carbocycles. The van der Waals surface area contributed by atoms with Crippen LogP contribution in [0.25, 0.3) is 0 Å². The highest BCUT2D eigenvalue weighted by Crippen LogP contribution is 2.19. The van der Waals surface area contributed by atoms with Crippen molar-refractivity contribution in [1.82, 2.24) is 15.1 Å². The van der Waals surface area contributed by atoms with Crippen LogP contribution in [-0.4, -0.2) is 71.4 Å². The van der Waals surface area contributed by atoms with Gasteiger partial charge in [-0.2, -0.15) is 0 Å². The van der Waals surface area contributed by atoms with E-state index in [1.807, 2.05) is 11.8 Å². The molecular formula is C19H28FN3O3S. The summed E-state index contributed by atoms with van der Waals surface area (Å²) in [6.07, 6.45) is 2.44. The third kappa shape index (κ3) is 7.38. The van der Waals surface area contributed by atoms with Gasteiger partial charge < -0.3 is 15.3 Å². The lowest BCUT2D eigenvalue weighted by Crippen LogP contribution is -2.50. The van der Waals surface area contributed by atoms with E-state index >= 15 is 0 Å². The minimum absolute atomic E-state index is 0.0542. The van der Waals surface area contributed by atoms with Gasteiger partial charge >= 0.3 is 12.0 Å². The summed E-state index contributed by atoms with van der Waals surface area (Å²) in [6.45, 7) is 4.63. The van der Waals surface area contributed by atoms with Gasteiger partial charge in [0, 0.05) is 30.6 Å². The van der Waals surface area contributed by atoms with E-state index < -0.39 is 5.97 Å². The van der Waals surface area contributed by atoms with Crippen LogP contribution in [0.3, 0.4) is 0 Å². The van der Waals surface area contributed by atoms with Crippen molar-refractivity contribution >= 4 is 23.8 Å². The predicted octanol–water partition coefficient (Wildman–Crippen LogP) is 2.89. The van der Waals surface area contributed by atoms with Crippen LogP contribution in [0.5, 0.6) is 0 Å². The molecule has 2 rings (SSSR count). The van der Waals surface area contributed by atoms with Crippen LogP contribution in [0.4, 0.5) is 9.18 Å². The normalized spacial score (nSPS) is 15.1. The van der Waals surface area contributed by atoms with Gasteiger partial charge in [-0.05, 0) is 55.8 Å². The molecular weight excluding hydrogens is 369 g/mol. The lowest BCUT2D eigenvalue weighted by Gasteiger charge is -2.37. The molecule has 150 valence electrons. The Balaban J connectivity index is 1.61. The number of nitrogens with one attached hydrogen (secondary N) is 1. The van der Waals surface area contributed by atoms with Crippen molar-refractivity contribution in [3.8, 4) is 0 Å². The number of rotatable bonds is 9. The molecule has 2 amide bonds. The Hall–Kier alpha value is -1.80. The number of urea groups is 1. The Morgan fingerprint density at radius 1 is 1.30 bits per heavy atom. The van der Waals surface area contributed by atoms with Crippen molar-refractivity contribution in [1.29, 1.82) is 0 Å². The summed E-state index contributed by atoms with van der Waals surface area (Å²) in [4.78, 5) is 28.0. The number of hydrogen-bond donors (Lipinski definition) is 2. The number of likely N-dealkylation sites (tertiary alicyclic amines) is 1. The molecule has 1 aromatic carbocycles. The molecule has 1 fully saturated rings. The number of carbonyl (C=O) groups is 2. The monoisotopic (exact) mass is 397 g/mol. The number of benzene rings is 1. The highest BCUT2D eigenvalue weighted by Gasteiger charge is 2.26. The molecule has 1 heterocycles. The molecule has 0 aliphatic carbocycles. The third-order valence-corrected chi connectivity index (χ3v) is 5.79. The summed E-state index contributed by atoms with van der Waals surface area (Å²) in [6, 6.07) is 6.58. The van der Waals surface area contributed by atoms with Crippen molar-refractivity contribution < 1.29 is 19.1 Å². The number of aliphatic carboxylic acids is 1. The Kier molecular flexibility index (Phi) is 8.87. The molecule has 2 N–H and O–H groups in total. The number of likely N-dealkylation sites (N-methyl/N-ethyl adjacent to an activating group) is 1. The van der Waals surface area contributed by atoms with E-state index in [9.17, 15) is 14.0 Å². The first-order chi connectivity index (χ1) is 13.0. The van der Waals surface area contributed by atoms with E-state index in [0.29, 0.717) is 26.2 Å². The fourth-order valence-corrected chi connectivity index (χ4v) is 4.06. The van der Waals surface area contributed by atoms with E-state index in [1.165, 1.54) is 12.1 Å². The molecule has 1 aliphatic heterocycles. The van der Waals surface area contributed by atoms with Crippen LogP contribution < -0.4 is 5.32 Å². The Bertz CT molecular complexity index is 607. The summed E-state index contributed by atoms with van der Waals surface area (Å²) in [5.74, 6) is -0.190. The van der Waals surface area contributed by atoms with Gasteiger partial charge in [-0.25, -0.2) is 9.18 Å². The number of piperidine rings is 1. The number of thioether (sulfide) groups is 1. The van der Waals surface area contributed by atoms with E-state index in [4.69, 9.17) is 5.11 Å². The number of carboxylic acids is 1. The molecule has 0 unspecified atom stereocenters. The van der Waals surface area contributed by atoms with Gasteiger partial charge in [-0.3, -0.25) is 9.69 Å². The molecule has 0 spiro atoms. The lowest BCUT2D eigenvalue weighted by molar-refractivity contribution is -0.139. The van der Waals surface area contributed by atoms with Gasteiger partial charge in [0.05, 0.1) is 6.54 Å². The van der Waals surface area contributed by atoms with Crippen LogP contribution >= 0.6 is 11.8 Å². The molecule has 0 radical (unpaired) electrons. The average molecular weight is 398 g/mol. The minimum Gasteiger partial charge on any atom is -0.480 e. The second-order valence-corrected chi connectivity index (χ2v) is 7.73. The topological polar surface area (TPSA) is 72.9 Å². The van der Waals surface area contributed by atoms with E-state index in [2.05, 4.69) is 5.32 Å². The predicted molar refractivity (Wildman–Crippen MR) is 105 cm³/mol. The van der Waals surface area contributed by atoms with E-state index in [1.54, 1.807) is 28.8 Å². The third-order valence-electron chi connectivity index (χ3n) is 4.69. The largest absolute Gasteiger partial charge is 0.480 e. The van der Waals surface area contributed by atoms with Crippen LogP contribution in [0, 0.1) is 5.82 Å².